The number of nitrogens with two attached hydrogens (primary N) is 1. The van der Waals surface area contributed by atoms with Crippen molar-refractivity contribution in [3.63, 3.8) is 0 Å². The lowest BCUT2D eigenvalue weighted by molar-refractivity contribution is 1.13. The molecule has 0 atom stereocenters. The summed E-state index contributed by atoms with van der Waals surface area (Å²) in [6, 6.07) is 3.89. The van der Waals surface area contributed by atoms with Crippen molar-refractivity contribution in [3.05, 3.63) is 49.3 Å². The highest BCUT2D eigenvalue weighted by Gasteiger charge is 2.25. The Morgan fingerprint density at radius 1 is 0.920 bits per heavy atom. The van der Waals surface area contributed by atoms with Gasteiger partial charge in [-0.05, 0) is 61.1 Å². The average molecular weight is 375 g/mol. The van der Waals surface area contributed by atoms with E-state index in [1.54, 1.807) is 0 Å². The molecular formula is C18H16Cl2N4O. The van der Waals surface area contributed by atoms with Crippen LogP contribution in [0, 0.1) is 50.4 Å². The Morgan fingerprint density at radius 2 is 1.40 bits per heavy atom. The van der Waals surface area contributed by atoms with Crippen molar-refractivity contribution in [1.29, 1.82) is 10.5 Å². The second-order valence-electron chi connectivity index (χ2n) is 5.81. The fourth-order valence-electron chi connectivity index (χ4n) is 3.14. The van der Waals surface area contributed by atoms with Crippen LogP contribution in [0.3, 0.4) is 0 Å². The maximum absolute atomic E-state index is 12.2. The fraction of sp³-hybridized carbons (Fsp3) is 0.278. The van der Waals surface area contributed by atoms with Crippen LogP contribution in [0.2, 0.25) is 0 Å². The first-order valence-electron chi connectivity index (χ1n) is 7.42. The molecule has 0 radical (unpaired) electrons. The molecule has 0 aliphatic carbocycles. The number of aromatic amines is 1. The van der Waals surface area contributed by atoms with Gasteiger partial charge in [-0.25, -0.2) is 0 Å². The van der Waals surface area contributed by atoms with E-state index in [0.29, 0.717) is 5.56 Å². The maximum Gasteiger partial charge on any atom is 0.268 e. The molecule has 3 N–H and O–H groups in total. The molecule has 0 unspecified atom stereocenters. The number of hydrogen-bond donors (Lipinski definition) is 2. The van der Waals surface area contributed by atoms with Crippen molar-refractivity contribution in [2.45, 2.75) is 32.5 Å². The zero-order valence-corrected chi connectivity index (χ0v) is 15.7. The summed E-state index contributed by atoms with van der Waals surface area (Å²) >= 11 is 12.2. The SMILES string of the molecule is Cc1c(C)c(C(Cl)Cl)c(C)c(C)c1-c1c(C#N)c(N)[nH]c(=O)c1C#N. The van der Waals surface area contributed by atoms with Gasteiger partial charge in [-0.2, -0.15) is 10.5 Å². The highest BCUT2D eigenvalue weighted by molar-refractivity contribution is 6.44. The second-order valence-corrected chi connectivity index (χ2v) is 6.90. The van der Waals surface area contributed by atoms with Crippen LogP contribution >= 0.6 is 23.2 Å². The zero-order chi connectivity index (χ0) is 19.0. The van der Waals surface area contributed by atoms with Crippen LogP contribution in [0.1, 0.15) is 43.8 Å². The van der Waals surface area contributed by atoms with Crippen molar-refractivity contribution in [2.24, 2.45) is 0 Å². The molecule has 128 valence electrons. The number of alkyl halides is 2. The molecule has 0 spiro atoms. The number of H-pyrrole nitrogens is 1. The molecule has 0 amide bonds. The Hall–Kier alpha value is -2.47. The minimum Gasteiger partial charge on any atom is -0.384 e. The summed E-state index contributed by atoms with van der Waals surface area (Å²) in [6.07, 6.45) is 0. The maximum atomic E-state index is 12.2. The number of pyridine rings is 1. The molecule has 1 aromatic carbocycles. The molecule has 0 aliphatic rings. The van der Waals surface area contributed by atoms with Gasteiger partial charge in [-0.15, -0.1) is 23.2 Å². The normalized spacial score (nSPS) is 10.6. The number of aromatic nitrogens is 1. The van der Waals surface area contributed by atoms with E-state index in [4.69, 9.17) is 28.9 Å². The topological polar surface area (TPSA) is 106 Å². The molecule has 1 aromatic heterocycles. The van der Waals surface area contributed by atoms with Gasteiger partial charge < -0.3 is 10.7 Å². The van der Waals surface area contributed by atoms with Crippen LogP contribution in [-0.2, 0) is 0 Å². The van der Waals surface area contributed by atoms with Gasteiger partial charge in [0.15, 0.2) is 0 Å². The van der Waals surface area contributed by atoms with Gasteiger partial charge in [0.2, 0.25) is 0 Å². The van der Waals surface area contributed by atoms with Crippen molar-refractivity contribution in [3.8, 4) is 23.3 Å². The number of rotatable bonds is 2. The van der Waals surface area contributed by atoms with Crippen LogP contribution in [0.5, 0.6) is 0 Å². The molecule has 2 aromatic rings. The first-order valence-corrected chi connectivity index (χ1v) is 8.29. The molecule has 2 rings (SSSR count). The molecule has 0 fully saturated rings. The third kappa shape index (κ3) is 2.87. The Labute approximate surface area is 155 Å². The van der Waals surface area contributed by atoms with Gasteiger partial charge >= 0.3 is 0 Å². The van der Waals surface area contributed by atoms with E-state index in [1.165, 1.54) is 0 Å². The summed E-state index contributed by atoms with van der Waals surface area (Å²) in [5, 5.41) is 19.0. The van der Waals surface area contributed by atoms with E-state index >= 15 is 0 Å². The second kappa shape index (κ2) is 6.80. The van der Waals surface area contributed by atoms with E-state index < -0.39 is 10.4 Å². The summed E-state index contributed by atoms with van der Waals surface area (Å²) in [4.78, 5) is 13.8. The summed E-state index contributed by atoms with van der Waals surface area (Å²) < 4.78 is 0. The molecule has 0 saturated carbocycles. The molecule has 5 nitrogen and oxygen atoms in total. The van der Waals surface area contributed by atoms with E-state index in [2.05, 4.69) is 4.98 Å². The van der Waals surface area contributed by atoms with Crippen molar-refractivity contribution in [1.82, 2.24) is 4.98 Å². The minimum absolute atomic E-state index is 0.0627. The molecule has 7 heteroatoms. The van der Waals surface area contributed by atoms with Crippen molar-refractivity contribution in [2.75, 3.05) is 5.73 Å². The van der Waals surface area contributed by atoms with E-state index in [1.807, 2.05) is 39.8 Å². The van der Waals surface area contributed by atoms with E-state index in [9.17, 15) is 15.3 Å². The van der Waals surface area contributed by atoms with Crippen molar-refractivity contribution >= 4 is 29.0 Å². The number of nitriles is 2. The Morgan fingerprint density at radius 3 is 1.80 bits per heavy atom. The molecule has 1 heterocycles. The number of anilines is 1. The molecule has 0 bridgehead atoms. The smallest absolute Gasteiger partial charge is 0.268 e. The monoisotopic (exact) mass is 374 g/mol. The molecular weight excluding hydrogens is 359 g/mol. The van der Waals surface area contributed by atoms with Crippen LogP contribution in [-0.4, -0.2) is 4.98 Å². The van der Waals surface area contributed by atoms with Crippen LogP contribution < -0.4 is 11.3 Å². The average Bonchev–Trinajstić information content (AvgIpc) is 2.53. The van der Waals surface area contributed by atoms with Gasteiger partial charge in [0.25, 0.3) is 5.56 Å². The van der Waals surface area contributed by atoms with Gasteiger partial charge in [-0.3, -0.25) is 4.79 Å². The first kappa shape index (κ1) is 18.9. The highest BCUT2D eigenvalue weighted by atomic mass is 35.5. The summed E-state index contributed by atoms with van der Waals surface area (Å²) in [6.45, 7) is 7.42. The number of nitrogen functional groups attached to an aromatic ring is 1. The van der Waals surface area contributed by atoms with Crippen molar-refractivity contribution < 1.29 is 0 Å². The molecule has 25 heavy (non-hydrogen) atoms. The van der Waals surface area contributed by atoms with Gasteiger partial charge in [-0.1, -0.05) is 0 Å². The first-order chi connectivity index (χ1) is 11.7. The quantitative estimate of drug-likeness (QED) is 0.772. The van der Waals surface area contributed by atoms with Gasteiger partial charge in [0, 0.05) is 5.56 Å². The standard InChI is InChI=1S/C18H16Cl2N4O/c1-7-9(3)14(16(19)20)10(4)8(2)13(7)15-11(5-21)17(23)24-18(25)12(15)6-22/h16H,1-4H3,(H3,23,24,25). The number of benzene rings is 1. The summed E-state index contributed by atoms with van der Waals surface area (Å²) in [5.41, 5.74) is 10.1. The van der Waals surface area contributed by atoms with Crippen LogP contribution in [0.15, 0.2) is 4.79 Å². The fourth-order valence-corrected chi connectivity index (χ4v) is 3.79. The summed E-state index contributed by atoms with van der Waals surface area (Å²) in [5.74, 6) is -0.0627. The van der Waals surface area contributed by atoms with Gasteiger partial charge in [0.1, 0.15) is 33.9 Å². The van der Waals surface area contributed by atoms with E-state index in [0.717, 1.165) is 27.8 Å². The Kier molecular flexibility index (Phi) is 5.13. The number of nitrogens with one attached hydrogen (secondary N) is 1. The van der Waals surface area contributed by atoms with Crippen LogP contribution in [0.25, 0.3) is 11.1 Å². The predicted octanol–water partition coefficient (Wildman–Crippen LogP) is 4.08. The Bertz CT molecular complexity index is 995. The largest absolute Gasteiger partial charge is 0.384 e. The lowest BCUT2D eigenvalue weighted by Gasteiger charge is -2.22. The van der Waals surface area contributed by atoms with Gasteiger partial charge in [0.05, 0.1) is 0 Å². The lowest BCUT2D eigenvalue weighted by atomic mass is 9.83. The highest BCUT2D eigenvalue weighted by Crippen LogP contribution is 2.41. The molecule has 0 saturated heterocycles. The molecule has 0 aliphatic heterocycles. The number of nitrogens with zero attached hydrogens (tertiary/aromatic N) is 2. The predicted molar refractivity (Wildman–Crippen MR) is 99.7 cm³/mol. The zero-order valence-electron chi connectivity index (χ0n) is 14.2. The Balaban J connectivity index is 3.13. The number of halogens is 2. The van der Waals surface area contributed by atoms with Crippen LogP contribution in [0.4, 0.5) is 5.82 Å². The summed E-state index contributed by atoms with van der Waals surface area (Å²) in [7, 11) is 0. The number of hydrogen-bond acceptors (Lipinski definition) is 4. The minimum atomic E-state index is -0.707. The third-order valence-corrected chi connectivity index (χ3v) is 5.06. The lowest BCUT2D eigenvalue weighted by Crippen LogP contribution is -2.17. The van der Waals surface area contributed by atoms with E-state index in [-0.39, 0.29) is 22.5 Å². The third-order valence-electron chi connectivity index (χ3n) is 4.62.